The third-order valence-electron chi connectivity index (χ3n) is 8.62. The third-order valence-corrected chi connectivity index (χ3v) is 8.62. The van der Waals surface area contributed by atoms with Gasteiger partial charge in [0.05, 0.1) is 17.8 Å². The van der Waals surface area contributed by atoms with Crippen LogP contribution in [0.1, 0.15) is 91.9 Å². The summed E-state index contributed by atoms with van der Waals surface area (Å²) in [7, 11) is 0. The number of aliphatic hydroxyl groups is 3. The molecule has 0 aromatic heterocycles. The van der Waals surface area contributed by atoms with Gasteiger partial charge in [0.1, 0.15) is 0 Å². The molecule has 0 aromatic rings. The van der Waals surface area contributed by atoms with Crippen LogP contribution in [-0.2, 0) is 0 Å². The largest absolute Gasteiger partial charge is 0.393 e. The topological polar surface area (TPSA) is 60.7 Å². The highest BCUT2D eigenvalue weighted by Crippen LogP contribution is 2.60. The van der Waals surface area contributed by atoms with Gasteiger partial charge in [0.15, 0.2) is 0 Å². The molecule has 3 heteroatoms. The summed E-state index contributed by atoms with van der Waals surface area (Å²) in [6.45, 7) is 12.5. The fourth-order valence-electron chi connectivity index (χ4n) is 6.58. The van der Waals surface area contributed by atoms with Crippen LogP contribution in [0.3, 0.4) is 0 Å². The van der Waals surface area contributed by atoms with E-state index in [4.69, 9.17) is 0 Å². The molecular weight excluding hydrogens is 372 g/mol. The summed E-state index contributed by atoms with van der Waals surface area (Å²) in [5.41, 5.74) is 3.34. The normalized spacial score (nSPS) is 37.4. The van der Waals surface area contributed by atoms with Crippen molar-refractivity contribution in [3.8, 4) is 0 Å². The van der Waals surface area contributed by atoms with Crippen molar-refractivity contribution in [3.63, 3.8) is 0 Å². The highest BCUT2D eigenvalue weighted by molar-refractivity contribution is 5.36. The molecule has 3 aliphatic carbocycles. The summed E-state index contributed by atoms with van der Waals surface area (Å²) < 4.78 is 0. The van der Waals surface area contributed by atoms with E-state index in [1.807, 2.05) is 0 Å². The summed E-state index contributed by atoms with van der Waals surface area (Å²) in [5, 5.41) is 30.3. The third kappa shape index (κ3) is 5.11. The van der Waals surface area contributed by atoms with Gasteiger partial charge in [-0.2, -0.15) is 0 Å². The fraction of sp³-hybridized carbons (Fsp3) is 0.778. The monoisotopic (exact) mass is 416 g/mol. The molecule has 3 aliphatic rings. The maximum Gasteiger partial charge on any atom is 0.0849 e. The van der Waals surface area contributed by atoms with E-state index in [1.54, 1.807) is 19.4 Å². The van der Waals surface area contributed by atoms with Gasteiger partial charge in [-0.25, -0.2) is 0 Å². The molecule has 6 atom stereocenters. The van der Waals surface area contributed by atoms with E-state index in [2.05, 4.69) is 32.6 Å². The van der Waals surface area contributed by atoms with Gasteiger partial charge < -0.3 is 15.3 Å². The van der Waals surface area contributed by atoms with Crippen LogP contribution in [0.25, 0.3) is 0 Å². The molecule has 0 aromatic carbocycles. The van der Waals surface area contributed by atoms with Crippen molar-refractivity contribution in [2.75, 3.05) is 0 Å². The van der Waals surface area contributed by atoms with Gasteiger partial charge in [0, 0.05) is 0 Å². The minimum absolute atomic E-state index is 0.215. The van der Waals surface area contributed by atoms with Crippen molar-refractivity contribution in [2.24, 2.45) is 23.2 Å². The molecule has 0 amide bonds. The lowest BCUT2D eigenvalue weighted by molar-refractivity contribution is -0.0554. The van der Waals surface area contributed by atoms with Crippen LogP contribution in [0.4, 0.5) is 0 Å². The Labute approximate surface area is 184 Å². The molecule has 0 saturated heterocycles. The maximum absolute atomic E-state index is 10.3. The molecule has 0 spiro atoms. The SMILES string of the molecule is C=C1CC[C@H](O)C/C1=C/C=C1\CCC[C@@]2(C)C1CC[C@@H]2[C@H](C)CC[C@H](O)C(C)(C)O. The Hall–Kier alpha value is -0.900. The minimum Gasteiger partial charge on any atom is -0.393 e. The second kappa shape index (κ2) is 9.30. The first kappa shape index (κ1) is 23.8. The lowest BCUT2D eigenvalue weighted by Crippen LogP contribution is -2.38. The Morgan fingerprint density at radius 2 is 1.90 bits per heavy atom. The van der Waals surface area contributed by atoms with Crippen molar-refractivity contribution < 1.29 is 15.3 Å². The molecule has 3 fully saturated rings. The van der Waals surface area contributed by atoms with Crippen molar-refractivity contribution in [2.45, 2.75) is 110 Å². The number of rotatable bonds is 6. The van der Waals surface area contributed by atoms with E-state index in [1.165, 1.54) is 43.3 Å². The van der Waals surface area contributed by atoms with E-state index in [0.717, 1.165) is 25.7 Å². The molecule has 0 bridgehead atoms. The molecule has 3 N–H and O–H groups in total. The van der Waals surface area contributed by atoms with Gasteiger partial charge >= 0.3 is 0 Å². The standard InChI is InChI=1S/C27H44O3/c1-18-8-12-22(28)17-21(18)11-10-20-7-6-16-27(5)23(13-14-24(20)27)19(2)9-15-25(29)26(3,4)30/h10-11,19,22-25,28-30H,1,6-9,12-17H2,2-5H3/b20-10+,21-11-/t19-,22+,23-,24?,25+,27-/m1/s1. The van der Waals surface area contributed by atoms with Crippen LogP contribution in [0.2, 0.25) is 0 Å². The second-order valence-electron chi connectivity index (χ2n) is 11.3. The van der Waals surface area contributed by atoms with E-state index < -0.39 is 11.7 Å². The Bertz CT molecular complexity index is 683. The van der Waals surface area contributed by atoms with Crippen LogP contribution in [-0.4, -0.2) is 33.1 Å². The van der Waals surface area contributed by atoms with Crippen LogP contribution in [0, 0.1) is 23.2 Å². The van der Waals surface area contributed by atoms with Gasteiger partial charge in [-0.05, 0) is 107 Å². The molecule has 0 aliphatic heterocycles. The van der Waals surface area contributed by atoms with Gasteiger partial charge in [-0.1, -0.05) is 43.7 Å². The van der Waals surface area contributed by atoms with Crippen molar-refractivity contribution in [3.05, 3.63) is 35.5 Å². The molecule has 170 valence electrons. The Balaban J connectivity index is 1.69. The zero-order chi connectivity index (χ0) is 22.1. The van der Waals surface area contributed by atoms with Crippen LogP contribution < -0.4 is 0 Å². The smallest absolute Gasteiger partial charge is 0.0849 e. The summed E-state index contributed by atoms with van der Waals surface area (Å²) in [4.78, 5) is 0. The summed E-state index contributed by atoms with van der Waals surface area (Å²) >= 11 is 0. The average Bonchev–Trinajstić information content (AvgIpc) is 3.03. The summed E-state index contributed by atoms with van der Waals surface area (Å²) in [6, 6.07) is 0. The summed E-state index contributed by atoms with van der Waals surface area (Å²) in [5.74, 6) is 1.89. The van der Waals surface area contributed by atoms with E-state index in [-0.39, 0.29) is 6.10 Å². The van der Waals surface area contributed by atoms with Crippen molar-refractivity contribution in [1.29, 1.82) is 0 Å². The molecular formula is C27H44O3. The summed E-state index contributed by atoms with van der Waals surface area (Å²) in [6.07, 6.45) is 14.1. The van der Waals surface area contributed by atoms with Gasteiger partial charge in [0.25, 0.3) is 0 Å². The Morgan fingerprint density at radius 3 is 2.60 bits per heavy atom. The zero-order valence-electron chi connectivity index (χ0n) is 19.7. The minimum atomic E-state index is -1.02. The van der Waals surface area contributed by atoms with Crippen LogP contribution >= 0.6 is 0 Å². The van der Waals surface area contributed by atoms with Gasteiger partial charge in [0.2, 0.25) is 0 Å². The van der Waals surface area contributed by atoms with Crippen molar-refractivity contribution in [1.82, 2.24) is 0 Å². The number of allylic oxidation sites excluding steroid dienone is 4. The molecule has 0 heterocycles. The first-order chi connectivity index (χ1) is 14.0. The Morgan fingerprint density at radius 1 is 1.17 bits per heavy atom. The molecule has 3 nitrogen and oxygen atoms in total. The highest BCUT2D eigenvalue weighted by atomic mass is 16.3. The lowest BCUT2D eigenvalue weighted by Gasteiger charge is -2.44. The zero-order valence-corrected chi connectivity index (χ0v) is 19.7. The van der Waals surface area contributed by atoms with Crippen LogP contribution in [0.5, 0.6) is 0 Å². The van der Waals surface area contributed by atoms with E-state index >= 15 is 0 Å². The maximum atomic E-state index is 10.3. The number of aliphatic hydroxyl groups excluding tert-OH is 2. The predicted molar refractivity (Wildman–Crippen MR) is 124 cm³/mol. The Kier molecular flexibility index (Phi) is 7.37. The van der Waals surface area contributed by atoms with E-state index in [9.17, 15) is 15.3 Å². The number of hydrogen-bond acceptors (Lipinski definition) is 3. The van der Waals surface area contributed by atoms with Gasteiger partial charge in [-0.3, -0.25) is 0 Å². The molecule has 30 heavy (non-hydrogen) atoms. The lowest BCUT2D eigenvalue weighted by atomic mass is 9.60. The van der Waals surface area contributed by atoms with Crippen molar-refractivity contribution >= 4 is 0 Å². The number of fused-ring (bicyclic) bond motifs is 1. The average molecular weight is 417 g/mol. The molecule has 0 radical (unpaired) electrons. The molecule has 3 rings (SSSR count). The first-order valence-electron chi connectivity index (χ1n) is 12.2. The quantitative estimate of drug-likeness (QED) is 0.520. The first-order valence-corrected chi connectivity index (χ1v) is 12.2. The second-order valence-corrected chi connectivity index (χ2v) is 11.3. The highest BCUT2D eigenvalue weighted by Gasteiger charge is 2.50. The fourth-order valence-corrected chi connectivity index (χ4v) is 6.58. The molecule has 1 unspecified atom stereocenters. The molecule has 3 saturated carbocycles. The van der Waals surface area contributed by atoms with Gasteiger partial charge in [-0.15, -0.1) is 0 Å². The van der Waals surface area contributed by atoms with Crippen LogP contribution in [0.15, 0.2) is 35.5 Å². The number of hydrogen-bond donors (Lipinski definition) is 3. The van der Waals surface area contributed by atoms with E-state index in [0.29, 0.717) is 29.6 Å². The predicted octanol–water partition coefficient (Wildman–Crippen LogP) is 5.70.